The molecule has 3 N–H and O–H groups in total. The van der Waals surface area contributed by atoms with E-state index in [0.717, 1.165) is 32.2 Å². The summed E-state index contributed by atoms with van der Waals surface area (Å²) >= 11 is 6.25. The van der Waals surface area contributed by atoms with Crippen LogP contribution >= 0.6 is 11.6 Å². The van der Waals surface area contributed by atoms with Gasteiger partial charge in [-0.15, -0.1) is 5.10 Å². The minimum Gasteiger partial charge on any atom is -0.453 e. The second-order valence-corrected chi connectivity index (χ2v) is 12.3. The third-order valence-electron chi connectivity index (χ3n) is 8.45. The number of benzene rings is 2. The number of piperidine rings is 1. The van der Waals surface area contributed by atoms with Crippen molar-refractivity contribution in [3.63, 3.8) is 0 Å². The zero-order valence-electron chi connectivity index (χ0n) is 26.1. The smallest absolute Gasteiger partial charge is 0.411 e. The van der Waals surface area contributed by atoms with E-state index in [0.29, 0.717) is 51.7 Å². The van der Waals surface area contributed by atoms with E-state index in [1.807, 2.05) is 4.90 Å². The molecule has 15 heteroatoms. The summed E-state index contributed by atoms with van der Waals surface area (Å²) in [7, 11) is 1.27. The molecule has 1 aliphatic heterocycles. The second-order valence-electron chi connectivity index (χ2n) is 11.9. The van der Waals surface area contributed by atoms with Gasteiger partial charge in [0.1, 0.15) is 6.33 Å². The third-order valence-corrected chi connectivity index (χ3v) is 8.69. The monoisotopic (exact) mass is 671 g/mol. The number of carbonyl (C=O) groups excluding carboxylic acids is 3. The lowest BCUT2D eigenvalue weighted by atomic mass is 9.89. The molecule has 3 heterocycles. The molecule has 1 saturated carbocycles. The Bertz CT molecular complexity index is 1870. The van der Waals surface area contributed by atoms with Gasteiger partial charge in [0.05, 0.1) is 30.1 Å². The van der Waals surface area contributed by atoms with Gasteiger partial charge in [-0.2, -0.15) is 9.78 Å². The number of nitrogens with one attached hydrogen (secondary N) is 3. The number of tetrazole rings is 1. The van der Waals surface area contributed by atoms with Crippen LogP contribution in [-0.2, 0) is 14.3 Å². The molecule has 1 unspecified atom stereocenters. The molecule has 4 aromatic rings. The van der Waals surface area contributed by atoms with Crippen LogP contribution in [0.2, 0.25) is 5.02 Å². The van der Waals surface area contributed by atoms with Crippen molar-refractivity contribution in [3.05, 3.63) is 87.6 Å². The fraction of sp³-hybridized carbons (Fsp3) is 0.333. The first-order valence-corrected chi connectivity index (χ1v) is 16.0. The normalized spacial score (nSPS) is 16.8. The molecule has 6 rings (SSSR count). The van der Waals surface area contributed by atoms with Gasteiger partial charge >= 0.3 is 6.09 Å². The van der Waals surface area contributed by atoms with Crippen LogP contribution in [0, 0.1) is 11.8 Å². The van der Waals surface area contributed by atoms with Crippen LogP contribution < -0.4 is 16.2 Å². The molecular formula is C33H34ClN9O5. The Morgan fingerprint density at radius 3 is 2.67 bits per heavy atom. The summed E-state index contributed by atoms with van der Waals surface area (Å²) in [5.74, 6) is 0.0532. The van der Waals surface area contributed by atoms with Crippen LogP contribution in [0.25, 0.3) is 22.9 Å². The van der Waals surface area contributed by atoms with Crippen molar-refractivity contribution in [2.75, 3.05) is 25.5 Å². The van der Waals surface area contributed by atoms with Gasteiger partial charge in [0.2, 0.25) is 11.8 Å². The molecule has 2 aliphatic rings. The minimum absolute atomic E-state index is 0.107. The van der Waals surface area contributed by atoms with E-state index in [-0.39, 0.29) is 17.7 Å². The number of methoxy groups -OCH3 is 1. The molecule has 0 spiro atoms. The number of carbonyl (C=O) groups is 3. The van der Waals surface area contributed by atoms with E-state index in [9.17, 15) is 19.2 Å². The molecule has 2 fully saturated rings. The maximum atomic E-state index is 13.5. The van der Waals surface area contributed by atoms with E-state index in [4.69, 9.17) is 11.6 Å². The highest BCUT2D eigenvalue weighted by Gasteiger charge is 2.36. The fourth-order valence-electron chi connectivity index (χ4n) is 5.87. The van der Waals surface area contributed by atoms with Crippen LogP contribution in [0.1, 0.15) is 49.4 Å². The average molecular weight is 672 g/mol. The number of hydrogen-bond donors (Lipinski definition) is 3. The van der Waals surface area contributed by atoms with Crippen molar-refractivity contribution < 1.29 is 19.1 Å². The van der Waals surface area contributed by atoms with Gasteiger partial charge in [0, 0.05) is 41.4 Å². The number of ether oxygens (including phenoxy) is 1. The minimum atomic E-state index is -0.610. The molecule has 1 saturated heterocycles. The molecule has 0 bridgehead atoms. The third kappa shape index (κ3) is 7.94. The lowest BCUT2D eigenvalue weighted by Gasteiger charge is -2.34. The van der Waals surface area contributed by atoms with Crippen molar-refractivity contribution in [2.24, 2.45) is 11.8 Å². The first kappa shape index (κ1) is 32.6. The molecule has 3 amide bonds. The second kappa shape index (κ2) is 14.6. The molecule has 2 aromatic carbocycles. The first-order valence-electron chi connectivity index (χ1n) is 15.6. The van der Waals surface area contributed by atoms with E-state index in [1.54, 1.807) is 54.6 Å². The van der Waals surface area contributed by atoms with Gasteiger partial charge in [-0.05, 0) is 96.5 Å². The van der Waals surface area contributed by atoms with Crippen LogP contribution in [-0.4, -0.2) is 73.4 Å². The zero-order chi connectivity index (χ0) is 33.6. The van der Waals surface area contributed by atoms with Crippen molar-refractivity contribution in [1.29, 1.82) is 0 Å². The summed E-state index contributed by atoms with van der Waals surface area (Å²) in [5, 5.41) is 24.4. The Balaban J connectivity index is 1.26. The van der Waals surface area contributed by atoms with Crippen molar-refractivity contribution >= 4 is 41.3 Å². The number of aromatic amines is 1. The number of aromatic nitrogens is 6. The number of H-pyrrole nitrogens is 1. The summed E-state index contributed by atoms with van der Waals surface area (Å²) in [6.07, 6.45) is 8.00. The maximum Gasteiger partial charge on any atom is 0.411 e. The van der Waals surface area contributed by atoms with E-state index in [1.165, 1.54) is 24.2 Å². The number of amides is 3. The summed E-state index contributed by atoms with van der Waals surface area (Å²) < 4.78 is 6.11. The van der Waals surface area contributed by atoms with Gasteiger partial charge in [0.15, 0.2) is 0 Å². The number of halogens is 1. The molecule has 14 nitrogen and oxygen atoms in total. The first-order chi connectivity index (χ1) is 23.3. The summed E-state index contributed by atoms with van der Waals surface area (Å²) in [5.41, 5.74) is 2.75. The van der Waals surface area contributed by atoms with Crippen LogP contribution in [0.4, 0.5) is 10.5 Å². The Morgan fingerprint density at radius 2 is 1.94 bits per heavy atom. The lowest BCUT2D eigenvalue weighted by Crippen LogP contribution is -2.42. The number of nitrogens with zero attached hydrogens (tertiary/aromatic N) is 6. The summed E-state index contributed by atoms with van der Waals surface area (Å²) in [6.45, 7) is 1.33. The SMILES string of the molecule is COC(=O)Nc1ccc(-c2cc([C@H](CC3CCCN(C(=O)C4CC4)C3)NC(=O)C=Cc3cc(Cl)ccc3-n3cnnn3)n[nH]c2=O)cc1. The van der Waals surface area contributed by atoms with Gasteiger partial charge in [0.25, 0.3) is 5.56 Å². The van der Waals surface area contributed by atoms with Crippen LogP contribution in [0.3, 0.4) is 0 Å². The molecule has 2 atom stereocenters. The van der Waals surface area contributed by atoms with E-state index < -0.39 is 23.6 Å². The molecule has 248 valence electrons. The number of likely N-dealkylation sites (tertiary alicyclic amines) is 1. The lowest BCUT2D eigenvalue weighted by molar-refractivity contribution is -0.134. The number of hydrogen-bond acceptors (Lipinski definition) is 9. The number of rotatable bonds is 10. The van der Waals surface area contributed by atoms with E-state index >= 15 is 0 Å². The molecule has 0 radical (unpaired) electrons. The quantitative estimate of drug-likeness (QED) is 0.209. The predicted molar refractivity (Wildman–Crippen MR) is 177 cm³/mol. The van der Waals surface area contributed by atoms with Crippen LogP contribution in [0.5, 0.6) is 0 Å². The van der Waals surface area contributed by atoms with Crippen molar-refractivity contribution in [3.8, 4) is 16.8 Å². The van der Waals surface area contributed by atoms with Crippen molar-refractivity contribution in [1.82, 2.24) is 40.6 Å². The average Bonchev–Trinajstić information content (AvgIpc) is 3.81. The van der Waals surface area contributed by atoms with Crippen molar-refractivity contribution in [2.45, 2.75) is 38.1 Å². The zero-order valence-corrected chi connectivity index (χ0v) is 26.9. The Labute approximate surface area is 280 Å². The molecule has 2 aromatic heterocycles. The van der Waals surface area contributed by atoms with E-state index in [2.05, 4.69) is 41.1 Å². The van der Waals surface area contributed by atoms with Gasteiger partial charge in [-0.25, -0.2) is 9.89 Å². The summed E-state index contributed by atoms with van der Waals surface area (Å²) in [4.78, 5) is 52.8. The maximum absolute atomic E-state index is 13.5. The fourth-order valence-corrected chi connectivity index (χ4v) is 6.05. The largest absolute Gasteiger partial charge is 0.453 e. The molecular weight excluding hydrogens is 638 g/mol. The molecule has 1 aliphatic carbocycles. The number of anilines is 1. The molecule has 48 heavy (non-hydrogen) atoms. The van der Waals surface area contributed by atoms with Gasteiger partial charge in [-0.1, -0.05) is 23.7 Å². The Kier molecular flexibility index (Phi) is 9.90. The standard InChI is InChI=1S/C33H34ClN9O5/c1-48-33(47)36-25-10-6-21(7-11-25)26-17-28(38-39-31(26)45)27(15-20-3-2-14-42(18-20)32(46)22-4-5-22)37-30(44)13-8-23-16-24(34)9-12-29(23)43-19-35-40-41-43/h6-13,16-17,19-20,22,27H,2-5,14-15,18H2,1H3,(H,36,47)(H,37,44)(H,39,45)/t20?,27-/m0/s1. The highest BCUT2D eigenvalue weighted by Crippen LogP contribution is 2.34. The van der Waals surface area contributed by atoms with Gasteiger partial charge in [-0.3, -0.25) is 19.7 Å². The van der Waals surface area contributed by atoms with Crippen LogP contribution in [0.15, 0.2) is 65.7 Å². The van der Waals surface area contributed by atoms with Gasteiger partial charge < -0.3 is 15.0 Å². The predicted octanol–water partition coefficient (Wildman–Crippen LogP) is 4.15. The Hall–Kier alpha value is -5.37. The highest BCUT2D eigenvalue weighted by atomic mass is 35.5. The summed E-state index contributed by atoms with van der Waals surface area (Å²) in [6, 6.07) is 12.9. The topological polar surface area (TPSA) is 177 Å². The highest BCUT2D eigenvalue weighted by molar-refractivity contribution is 6.30. The Morgan fingerprint density at radius 1 is 1.12 bits per heavy atom.